The molecular weight excluding hydrogens is 937 g/mol. The summed E-state index contributed by atoms with van der Waals surface area (Å²) in [4.78, 5) is 0. The van der Waals surface area contributed by atoms with E-state index in [1.807, 2.05) is 0 Å². The number of aryl methyl sites for hydroxylation is 6. The molecule has 0 aliphatic heterocycles. The molecule has 0 amide bonds. The lowest BCUT2D eigenvalue weighted by molar-refractivity contribution is 0.224. The van der Waals surface area contributed by atoms with Crippen molar-refractivity contribution in [2.75, 3.05) is 0 Å². The maximum absolute atomic E-state index is 2.35. The van der Waals surface area contributed by atoms with E-state index in [9.17, 15) is 0 Å². The van der Waals surface area contributed by atoms with Crippen molar-refractivity contribution in [3.8, 4) is 0 Å². The number of unbranched alkanes of at least 4 members (excludes halogenated alkanes) is 7. The van der Waals surface area contributed by atoms with E-state index >= 15 is 0 Å². The summed E-state index contributed by atoms with van der Waals surface area (Å²) in [6.45, 7) is 36.1. The second-order valence-electron chi connectivity index (χ2n) is 22.3. The fourth-order valence-electron chi connectivity index (χ4n) is 11.1. The summed E-state index contributed by atoms with van der Waals surface area (Å²) >= 11 is 0. The standard InChI is InChI=1S/C10H20.C10H14.C10H20.C10H14.C10H20.C10H14.C7H16.C6H14.5CH4/c2*1-3-9-5-7-10(4-2)8-6-9;2*1-3-9-6-5-7-10(4-2)8-9;2*1-3-9-7-5-6-8-10(9)4-2;1-3-5-7-6-4-2;1-3-5-6-4-2;;;;;/h9-10H,3-8H2,1-2H3;5-8H,3-4H2,1-2H3;9-10H,3-8H2,1-2H3;5-8H,3-4H2,1-2H3;9-10H,3-8H2,1-2H3;5-8H,3-4H2,1-2H3;3-7H2,1-2H3;3-6H2,1-2H3;5*1H4. The van der Waals surface area contributed by atoms with E-state index in [1.54, 1.807) is 0 Å². The van der Waals surface area contributed by atoms with Crippen molar-refractivity contribution in [2.24, 2.45) is 35.5 Å². The van der Waals surface area contributed by atoms with Crippen LogP contribution in [-0.2, 0) is 38.5 Å². The van der Waals surface area contributed by atoms with Gasteiger partial charge in [0.2, 0.25) is 0 Å². The molecule has 0 radical (unpaired) electrons. The summed E-state index contributed by atoms with van der Waals surface area (Å²) < 4.78 is 0. The highest BCUT2D eigenvalue weighted by Crippen LogP contribution is 2.35. The Morgan fingerprint density at radius 2 is 0.603 bits per heavy atom. The maximum Gasteiger partial charge on any atom is -0.0305 e. The lowest BCUT2D eigenvalue weighted by atomic mass is 9.77. The van der Waals surface area contributed by atoms with Gasteiger partial charge < -0.3 is 0 Å². The van der Waals surface area contributed by atoms with Crippen LogP contribution in [0.4, 0.5) is 0 Å². The normalized spacial score (nSPS) is 18.5. The molecule has 78 heavy (non-hydrogen) atoms. The Labute approximate surface area is 498 Å². The van der Waals surface area contributed by atoms with Crippen LogP contribution in [-0.4, -0.2) is 0 Å². The Morgan fingerprint density at radius 3 is 0.872 bits per heavy atom. The molecule has 3 fully saturated rings. The fourth-order valence-corrected chi connectivity index (χ4v) is 11.1. The Kier molecular flexibility index (Phi) is 75.1. The predicted molar refractivity (Wildman–Crippen MR) is 372 cm³/mol. The van der Waals surface area contributed by atoms with Crippen molar-refractivity contribution in [1.82, 2.24) is 0 Å². The van der Waals surface area contributed by atoms with Gasteiger partial charge in [-0.25, -0.2) is 0 Å². The van der Waals surface area contributed by atoms with Crippen LogP contribution in [0.3, 0.4) is 0 Å². The second-order valence-corrected chi connectivity index (χ2v) is 22.3. The first-order valence-electron chi connectivity index (χ1n) is 32.8. The van der Waals surface area contributed by atoms with Crippen LogP contribution in [0.1, 0.15) is 355 Å². The molecule has 3 saturated carbocycles. The Morgan fingerprint density at radius 1 is 0.282 bits per heavy atom. The number of benzene rings is 3. The van der Waals surface area contributed by atoms with Gasteiger partial charge >= 0.3 is 0 Å². The first-order chi connectivity index (χ1) is 35.5. The van der Waals surface area contributed by atoms with E-state index in [2.05, 4.69) is 184 Å². The van der Waals surface area contributed by atoms with Crippen LogP contribution in [0.5, 0.6) is 0 Å². The third-order valence-electron chi connectivity index (χ3n) is 17.0. The summed E-state index contributed by atoms with van der Waals surface area (Å²) in [5.74, 6) is 6.42. The molecule has 3 aliphatic rings. The SMILES string of the molecule is C.C.C.C.C.CCC1CCC(CC)CC1.CCC1CCCC(CC)C1.CCC1CCCCC1CC.CCCCCC.CCCCCCC.CCc1ccc(CC)cc1.CCc1cccc(CC)c1.CCc1ccccc1CC. The first-order valence-corrected chi connectivity index (χ1v) is 32.8. The Hall–Kier alpha value is -2.34. The average Bonchev–Trinajstić information content (AvgIpc) is 3.47. The first kappa shape index (κ1) is 89.5. The zero-order valence-corrected chi connectivity index (χ0v) is 52.7. The van der Waals surface area contributed by atoms with Crippen LogP contribution in [0.15, 0.2) is 72.8 Å². The van der Waals surface area contributed by atoms with Crippen LogP contribution in [0.2, 0.25) is 0 Å². The molecule has 0 aromatic heterocycles. The van der Waals surface area contributed by atoms with Gasteiger partial charge in [0.25, 0.3) is 0 Å². The minimum absolute atomic E-state index is 0. The van der Waals surface area contributed by atoms with Crippen LogP contribution in [0, 0.1) is 35.5 Å². The fraction of sp³-hybridized carbons (Fsp3) is 0.769. The van der Waals surface area contributed by atoms with Gasteiger partial charge in [0.05, 0.1) is 0 Å². The summed E-state index contributed by atoms with van der Waals surface area (Å²) in [6, 6.07) is 26.2. The minimum Gasteiger partial charge on any atom is -0.0776 e. The molecule has 4 unspecified atom stereocenters. The molecule has 4 atom stereocenters. The highest BCUT2D eigenvalue weighted by molar-refractivity contribution is 5.27. The van der Waals surface area contributed by atoms with Crippen molar-refractivity contribution < 1.29 is 0 Å². The molecular formula is C78H152. The molecule has 0 spiro atoms. The third-order valence-corrected chi connectivity index (χ3v) is 17.0. The Bertz CT molecular complexity index is 1410. The molecule has 3 aromatic carbocycles. The van der Waals surface area contributed by atoms with E-state index in [1.165, 1.54) is 207 Å². The van der Waals surface area contributed by atoms with Crippen molar-refractivity contribution >= 4 is 0 Å². The van der Waals surface area contributed by atoms with Gasteiger partial charge in [-0.05, 0) is 114 Å². The number of rotatable bonds is 19. The summed E-state index contributed by atoms with van der Waals surface area (Å²) in [6.07, 6.45) is 46.0. The third kappa shape index (κ3) is 47.3. The largest absolute Gasteiger partial charge is 0.0776 e. The predicted octanol–water partition coefficient (Wildman–Crippen LogP) is 28.0. The zero-order chi connectivity index (χ0) is 54.7. The van der Waals surface area contributed by atoms with Crippen molar-refractivity contribution in [2.45, 2.75) is 360 Å². The van der Waals surface area contributed by atoms with E-state index < -0.39 is 0 Å². The van der Waals surface area contributed by atoms with Crippen molar-refractivity contribution in [3.63, 3.8) is 0 Å². The van der Waals surface area contributed by atoms with Gasteiger partial charge in [0.1, 0.15) is 0 Å². The van der Waals surface area contributed by atoms with Gasteiger partial charge in [0.15, 0.2) is 0 Å². The smallest absolute Gasteiger partial charge is 0.0305 e. The molecule has 0 nitrogen and oxygen atoms in total. The Balaban J connectivity index is -0.000000147. The quantitative estimate of drug-likeness (QED) is 0.105. The highest BCUT2D eigenvalue weighted by atomic mass is 14.3. The highest BCUT2D eigenvalue weighted by Gasteiger charge is 2.21. The van der Waals surface area contributed by atoms with E-state index in [0.717, 1.165) is 74.0 Å². The summed E-state index contributed by atoms with van der Waals surface area (Å²) in [7, 11) is 0. The monoisotopic (exact) mass is 1090 g/mol. The van der Waals surface area contributed by atoms with E-state index in [4.69, 9.17) is 0 Å². The molecule has 0 heteroatoms. The van der Waals surface area contributed by atoms with Crippen LogP contribution >= 0.6 is 0 Å². The lowest BCUT2D eigenvalue weighted by Gasteiger charge is -2.29. The van der Waals surface area contributed by atoms with Gasteiger partial charge in [-0.3, -0.25) is 0 Å². The summed E-state index contributed by atoms with van der Waals surface area (Å²) in [5, 5.41) is 0. The molecule has 6 rings (SSSR count). The van der Waals surface area contributed by atoms with Crippen LogP contribution < -0.4 is 0 Å². The second kappa shape index (κ2) is 65.5. The lowest BCUT2D eigenvalue weighted by Crippen LogP contribution is -2.17. The van der Waals surface area contributed by atoms with E-state index in [0.29, 0.717) is 0 Å². The maximum atomic E-state index is 2.35. The van der Waals surface area contributed by atoms with Gasteiger partial charge in [-0.2, -0.15) is 0 Å². The molecule has 0 N–H and O–H groups in total. The van der Waals surface area contributed by atoms with E-state index in [-0.39, 0.29) is 37.1 Å². The van der Waals surface area contributed by atoms with Gasteiger partial charge in [-0.15, -0.1) is 0 Å². The van der Waals surface area contributed by atoms with Gasteiger partial charge in [0, 0.05) is 0 Å². The topological polar surface area (TPSA) is 0 Å². The number of hydrogen-bond donors (Lipinski definition) is 0. The number of hydrogen-bond acceptors (Lipinski definition) is 0. The molecule has 0 heterocycles. The zero-order valence-electron chi connectivity index (χ0n) is 52.7. The molecule has 3 aliphatic carbocycles. The molecule has 464 valence electrons. The molecule has 0 bridgehead atoms. The molecule has 3 aromatic rings. The summed E-state index contributed by atoms with van der Waals surface area (Å²) in [5.41, 5.74) is 8.73. The minimum atomic E-state index is 0. The van der Waals surface area contributed by atoms with Gasteiger partial charge in [-0.1, -0.05) is 388 Å². The van der Waals surface area contributed by atoms with Crippen LogP contribution in [0.25, 0.3) is 0 Å². The average molecular weight is 1090 g/mol. The van der Waals surface area contributed by atoms with Crippen molar-refractivity contribution in [1.29, 1.82) is 0 Å². The molecule has 0 saturated heterocycles. The van der Waals surface area contributed by atoms with Crippen molar-refractivity contribution in [3.05, 3.63) is 106 Å².